The number of likely N-dealkylation sites (N-methyl/N-ethyl adjacent to an activating group) is 1. The smallest absolute Gasteiger partial charge is 0.177 e. The second kappa shape index (κ2) is 7.64. The lowest BCUT2D eigenvalue weighted by Crippen LogP contribution is -2.22. The van der Waals surface area contributed by atoms with Gasteiger partial charge >= 0.3 is 0 Å². The molecule has 2 atom stereocenters. The van der Waals surface area contributed by atoms with Gasteiger partial charge in [-0.2, -0.15) is 0 Å². The zero-order chi connectivity index (χ0) is 18.5. The Bertz CT molecular complexity index is 894. The average Bonchev–Trinajstić information content (AvgIpc) is 3.11. The number of rotatable bonds is 7. The molecule has 7 heteroatoms. The molecule has 1 fully saturated rings. The van der Waals surface area contributed by atoms with Crippen molar-refractivity contribution in [3.8, 4) is 0 Å². The van der Waals surface area contributed by atoms with E-state index in [-0.39, 0.29) is 35.4 Å². The van der Waals surface area contributed by atoms with E-state index in [0.29, 0.717) is 16.9 Å². The SMILES string of the molecule is CCCCN(C)CCc1[nH]c(=S)n2c1[C@@H]1C[C@]1(c1cc(F)ccc1F)C2.Cl. The molecule has 27 heavy (non-hydrogen) atoms. The topological polar surface area (TPSA) is 24.0 Å². The molecule has 0 unspecified atom stereocenters. The first-order valence-corrected chi connectivity index (χ1v) is 9.82. The number of imidazole rings is 1. The molecule has 1 N–H and O–H groups in total. The van der Waals surface area contributed by atoms with Gasteiger partial charge in [-0.15, -0.1) is 12.4 Å². The van der Waals surface area contributed by atoms with Crippen molar-refractivity contribution < 1.29 is 8.78 Å². The van der Waals surface area contributed by atoms with E-state index in [1.54, 1.807) is 0 Å². The number of nitrogens with zero attached hydrogens (tertiary/aromatic N) is 2. The Balaban J connectivity index is 0.00000210. The molecule has 1 aromatic carbocycles. The molecule has 1 aliphatic carbocycles. The molecule has 0 bridgehead atoms. The van der Waals surface area contributed by atoms with Crippen LogP contribution in [0, 0.1) is 16.4 Å². The quantitative estimate of drug-likeness (QED) is 0.648. The van der Waals surface area contributed by atoms with E-state index >= 15 is 0 Å². The number of aromatic nitrogens is 2. The molecule has 4 rings (SSSR count). The number of unbranched alkanes of at least 4 members (excludes halogenated alkanes) is 1. The van der Waals surface area contributed by atoms with Gasteiger partial charge in [0.25, 0.3) is 0 Å². The zero-order valence-electron chi connectivity index (χ0n) is 15.7. The Morgan fingerprint density at radius 1 is 1.33 bits per heavy atom. The second-order valence-corrected chi connectivity index (χ2v) is 8.21. The summed E-state index contributed by atoms with van der Waals surface area (Å²) in [5.41, 5.74) is 2.57. The number of H-pyrrole nitrogens is 1. The molecular weight excluding hydrogens is 388 g/mol. The molecule has 0 spiro atoms. The highest BCUT2D eigenvalue weighted by Gasteiger charge is 2.63. The summed E-state index contributed by atoms with van der Waals surface area (Å²) in [6.07, 6.45) is 4.17. The van der Waals surface area contributed by atoms with Gasteiger partial charge in [-0.3, -0.25) is 0 Å². The van der Waals surface area contributed by atoms with E-state index in [1.165, 1.54) is 42.4 Å². The van der Waals surface area contributed by atoms with Gasteiger partial charge in [0.1, 0.15) is 11.6 Å². The lowest BCUT2D eigenvalue weighted by atomic mass is 9.93. The predicted octanol–water partition coefficient (Wildman–Crippen LogP) is 4.96. The normalized spacial score (nSPS) is 22.5. The van der Waals surface area contributed by atoms with Crippen LogP contribution in [0.15, 0.2) is 18.2 Å². The molecular formula is C20H26ClF2N3S. The largest absolute Gasteiger partial charge is 0.334 e. The Kier molecular flexibility index (Phi) is 5.80. The van der Waals surface area contributed by atoms with E-state index in [0.717, 1.165) is 25.9 Å². The van der Waals surface area contributed by atoms with Gasteiger partial charge in [0, 0.05) is 42.2 Å². The fraction of sp³-hybridized carbons (Fsp3) is 0.550. The lowest BCUT2D eigenvalue weighted by molar-refractivity contribution is 0.331. The van der Waals surface area contributed by atoms with Crippen molar-refractivity contribution in [1.29, 1.82) is 0 Å². The maximum atomic E-state index is 14.4. The fourth-order valence-electron chi connectivity index (χ4n) is 4.50. The number of halogens is 3. The summed E-state index contributed by atoms with van der Waals surface area (Å²) in [6.45, 7) is 4.91. The maximum absolute atomic E-state index is 14.4. The average molecular weight is 414 g/mol. The minimum Gasteiger partial charge on any atom is -0.334 e. The highest BCUT2D eigenvalue weighted by atomic mass is 35.5. The third kappa shape index (κ3) is 3.47. The third-order valence-electron chi connectivity index (χ3n) is 6.05. The first-order valence-electron chi connectivity index (χ1n) is 9.42. The second-order valence-electron chi connectivity index (χ2n) is 7.82. The van der Waals surface area contributed by atoms with Gasteiger partial charge in [0.15, 0.2) is 4.77 Å². The summed E-state index contributed by atoms with van der Waals surface area (Å²) in [5.74, 6) is -0.445. The summed E-state index contributed by atoms with van der Waals surface area (Å²) in [7, 11) is 2.14. The summed E-state index contributed by atoms with van der Waals surface area (Å²) in [6, 6.07) is 3.80. The van der Waals surface area contributed by atoms with Crippen LogP contribution >= 0.6 is 24.6 Å². The van der Waals surface area contributed by atoms with Crippen LogP contribution < -0.4 is 0 Å². The number of hydrogen-bond acceptors (Lipinski definition) is 2. The first-order chi connectivity index (χ1) is 12.5. The summed E-state index contributed by atoms with van der Waals surface area (Å²) in [4.78, 5) is 5.70. The van der Waals surface area contributed by atoms with Crippen molar-refractivity contribution in [2.24, 2.45) is 0 Å². The zero-order valence-corrected chi connectivity index (χ0v) is 17.4. The number of hydrogen-bond donors (Lipinski definition) is 1. The first kappa shape index (κ1) is 20.5. The molecule has 1 saturated carbocycles. The van der Waals surface area contributed by atoms with E-state index in [9.17, 15) is 8.78 Å². The summed E-state index contributed by atoms with van der Waals surface area (Å²) in [5, 5.41) is 0. The Labute approximate surface area is 170 Å². The van der Waals surface area contributed by atoms with Crippen molar-refractivity contribution in [3.05, 3.63) is 51.6 Å². The van der Waals surface area contributed by atoms with E-state index in [4.69, 9.17) is 12.2 Å². The minimum atomic E-state index is -0.374. The third-order valence-corrected chi connectivity index (χ3v) is 6.37. The van der Waals surface area contributed by atoms with Crippen LogP contribution in [0.3, 0.4) is 0 Å². The van der Waals surface area contributed by atoms with Crippen molar-refractivity contribution in [3.63, 3.8) is 0 Å². The molecule has 2 aromatic rings. The molecule has 0 radical (unpaired) electrons. The van der Waals surface area contributed by atoms with Gasteiger partial charge in [-0.1, -0.05) is 13.3 Å². The molecule has 148 valence electrons. The van der Waals surface area contributed by atoms with Crippen LogP contribution in [0.2, 0.25) is 0 Å². The van der Waals surface area contributed by atoms with Crippen LogP contribution in [0.25, 0.3) is 0 Å². The number of nitrogens with one attached hydrogen (secondary N) is 1. The van der Waals surface area contributed by atoms with E-state index < -0.39 is 0 Å². The monoisotopic (exact) mass is 413 g/mol. The summed E-state index contributed by atoms with van der Waals surface area (Å²) >= 11 is 5.51. The van der Waals surface area contributed by atoms with Gasteiger partial charge < -0.3 is 14.5 Å². The van der Waals surface area contributed by atoms with E-state index in [1.807, 2.05) is 0 Å². The van der Waals surface area contributed by atoms with Crippen molar-refractivity contribution >= 4 is 24.6 Å². The van der Waals surface area contributed by atoms with Crippen LogP contribution in [0.1, 0.15) is 49.1 Å². The van der Waals surface area contributed by atoms with Crippen LogP contribution in [0.5, 0.6) is 0 Å². The minimum absolute atomic E-state index is 0. The Morgan fingerprint density at radius 2 is 2.11 bits per heavy atom. The maximum Gasteiger partial charge on any atom is 0.177 e. The van der Waals surface area contributed by atoms with Crippen LogP contribution in [-0.4, -0.2) is 34.6 Å². The Hall–Kier alpha value is -1.24. The molecule has 0 saturated heterocycles. The highest BCUT2D eigenvalue weighted by Crippen LogP contribution is 2.66. The van der Waals surface area contributed by atoms with Crippen LogP contribution in [0.4, 0.5) is 8.78 Å². The molecule has 2 aliphatic rings. The number of fused-ring (bicyclic) bond motifs is 3. The number of benzene rings is 1. The molecule has 1 aromatic heterocycles. The van der Waals surface area contributed by atoms with Gasteiger partial charge in [0.2, 0.25) is 0 Å². The lowest BCUT2D eigenvalue weighted by Gasteiger charge is -2.15. The predicted molar refractivity (Wildman–Crippen MR) is 108 cm³/mol. The van der Waals surface area contributed by atoms with E-state index in [2.05, 4.69) is 28.4 Å². The van der Waals surface area contributed by atoms with Crippen LogP contribution in [-0.2, 0) is 18.4 Å². The molecule has 1 aliphatic heterocycles. The fourth-order valence-corrected chi connectivity index (χ4v) is 4.79. The standard InChI is InChI=1S/C20H25F2N3S.ClH/c1-3-4-8-24(2)9-7-17-18-15-11-20(15,12-25(18)19(26)23-17)14-10-13(21)5-6-16(14)22;/h5-6,10,15H,3-4,7-9,11-12H2,1-2H3,(H,23,26);1H/t15-,20+;/m0./s1. The van der Waals surface area contributed by atoms with Gasteiger partial charge in [-0.25, -0.2) is 8.78 Å². The van der Waals surface area contributed by atoms with Gasteiger partial charge in [-0.05, 0) is 62.4 Å². The van der Waals surface area contributed by atoms with Crippen molar-refractivity contribution in [1.82, 2.24) is 14.5 Å². The molecule has 0 amide bonds. The molecule has 2 heterocycles. The van der Waals surface area contributed by atoms with Gasteiger partial charge in [0.05, 0.1) is 0 Å². The Morgan fingerprint density at radius 3 is 2.85 bits per heavy atom. The highest BCUT2D eigenvalue weighted by molar-refractivity contribution is 7.71. The van der Waals surface area contributed by atoms with Crippen molar-refractivity contribution in [2.45, 2.75) is 50.5 Å². The molecule has 3 nitrogen and oxygen atoms in total. The summed E-state index contributed by atoms with van der Waals surface area (Å²) < 4.78 is 30.9. The van der Waals surface area contributed by atoms with Crippen molar-refractivity contribution in [2.75, 3.05) is 20.1 Å². The number of aromatic amines is 1.